The van der Waals surface area contributed by atoms with Crippen LogP contribution in [-0.4, -0.2) is 47.1 Å². The van der Waals surface area contributed by atoms with E-state index in [1.165, 1.54) is 6.20 Å². The number of carbonyl (C=O) groups is 1. The van der Waals surface area contributed by atoms with Gasteiger partial charge >= 0.3 is 0 Å². The highest BCUT2D eigenvalue weighted by molar-refractivity contribution is 7.07. The third kappa shape index (κ3) is 4.19. The van der Waals surface area contributed by atoms with E-state index in [0.29, 0.717) is 24.7 Å². The lowest BCUT2D eigenvalue weighted by atomic mass is 10.1. The number of piperidine rings is 1. The highest BCUT2D eigenvalue weighted by atomic mass is 32.1. The summed E-state index contributed by atoms with van der Waals surface area (Å²) in [5.74, 6) is 0.999. The SMILES string of the molecule is COc1cncc(OC2CCCN(C(=O)Cc3ccsc3)C2)n1. The number of hydrogen-bond acceptors (Lipinski definition) is 6. The summed E-state index contributed by atoms with van der Waals surface area (Å²) in [7, 11) is 1.54. The smallest absolute Gasteiger partial charge is 0.235 e. The first kappa shape index (κ1) is 15.7. The van der Waals surface area contributed by atoms with Crippen LogP contribution < -0.4 is 9.47 Å². The van der Waals surface area contributed by atoms with Gasteiger partial charge in [-0.25, -0.2) is 0 Å². The number of carbonyl (C=O) groups excluding carboxylic acids is 1. The average Bonchev–Trinajstić information content (AvgIpc) is 3.08. The maximum absolute atomic E-state index is 12.4. The predicted molar refractivity (Wildman–Crippen MR) is 86.8 cm³/mol. The van der Waals surface area contributed by atoms with Gasteiger partial charge in [-0.3, -0.25) is 9.78 Å². The number of amides is 1. The fourth-order valence-electron chi connectivity index (χ4n) is 2.60. The maximum Gasteiger partial charge on any atom is 0.235 e. The van der Waals surface area contributed by atoms with Gasteiger partial charge in [0.15, 0.2) is 0 Å². The summed E-state index contributed by atoms with van der Waals surface area (Å²) < 4.78 is 10.9. The second-order valence-corrected chi connectivity index (χ2v) is 6.21. The molecule has 0 N–H and O–H groups in total. The molecule has 2 aromatic heterocycles. The van der Waals surface area contributed by atoms with E-state index in [1.54, 1.807) is 24.6 Å². The number of rotatable bonds is 5. The Labute approximate surface area is 139 Å². The Morgan fingerprint density at radius 3 is 3.09 bits per heavy atom. The van der Waals surface area contributed by atoms with Gasteiger partial charge in [-0.2, -0.15) is 16.3 Å². The first-order chi connectivity index (χ1) is 11.2. The van der Waals surface area contributed by atoms with Crippen molar-refractivity contribution < 1.29 is 14.3 Å². The Kier molecular flexibility index (Phi) is 5.07. The van der Waals surface area contributed by atoms with Crippen molar-refractivity contribution in [2.75, 3.05) is 20.2 Å². The minimum atomic E-state index is -0.0587. The second kappa shape index (κ2) is 7.41. The Balaban J connectivity index is 1.58. The predicted octanol–water partition coefficient (Wildman–Crippen LogP) is 2.16. The lowest BCUT2D eigenvalue weighted by Gasteiger charge is -2.32. The molecular formula is C16H19N3O3S. The van der Waals surface area contributed by atoms with Gasteiger partial charge in [-0.05, 0) is 35.2 Å². The second-order valence-electron chi connectivity index (χ2n) is 5.43. The largest absolute Gasteiger partial charge is 0.480 e. The molecule has 0 aromatic carbocycles. The Morgan fingerprint density at radius 1 is 1.43 bits per heavy atom. The van der Waals surface area contributed by atoms with Crippen LogP contribution in [0.15, 0.2) is 29.2 Å². The summed E-state index contributed by atoms with van der Waals surface area (Å²) in [5, 5.41) is 4.01. The number of likely N-dealkylation sites (tertiary alicyclic amines) is 1. The summed E-state index contributed by atoms with van der Waals surface area (Å²) in [6, 6.07) is 1.99. The van der Waals surface area contributed by atoms with Crippen LogP contribution >= 0.6 is 11.3 Å². The zero-order chi connectivity index (χ0) is 16.1. The summed E-state index contributed by atoms with van der Waals surface area (Å²) >= 11 is 1.61. The van der Waals surface area contributed by atoms with E-state index in [1.807, 2.05) is 21.7 Å². The number of nitrogens with zero attached hydrogens (tertiary/aromatic N) is 3. The van der Waals surface area contributed by atoms with Crippen molar-refractivity contribution in [1.29, 1.82) is 0 Å². The number of methoxy groups -OCH3 is 1. The minimum Gasteiger partial charge on any atom is -0.480 e. The first-order valence-electron chi connectivity index (χ1n) is 7.56. The normalized spacial score (nSPS) is 17.8. The summed E-state index contributed by atoms with van der Waals surface area (Å²) in [5.41, 5.74) is 1.07. The highest BCUT2D eigenvalue weighted by Crippen LogP contribution is 2.19. The molecule has 1 fully saturated rings. The molecule has 7 heteroatoms. The Bertz CT molecular complexity index is 648. The lowest BCUT2D eigenvalue weighted by molar-refractivity contribution is -0.133. The zero-order valence-corrected chi connectivity index (χ0v) is 13.8. The third-order valence-corrected chi connectivity index (χ3v) is 4.49. The highest BCUT2D eigenvalue weighted by Gasteiger charge is 2.25. The van der Waals surface area contributed by atoms with Crippen molar-refractivity contribution in [1.82, 2.24) is 14.9 Å². The minimum absolute atomic E-state index is 0.0587. The van der Waals surface area contributed by atoms with Crippen LogP contribution in [0.2, 0.25) is 0 Å². The van der Waals surface area contributed by atoms with Crippen LogP contribution in [0.1, 0.15) is 18.4 Å². The molecule has 122 valence electrons. The van der Waals surface area contributed by atoms with Gasteiger partial charge in [0.25, 0.3) is 0 Å². The van der Waals surface area contributed by atoms with Gasteiger partial charge in [0, 0.05) is 6.54 Å². The van der Waals surface area contributed by atoms with Crippen molar-refractivity contribution >= 4 is 17.2 Å². The molecule has 1 amide bonds. The monoisotopic (exact) mass is 333 g/mol. The standard InChI is InChI=1S/C16H19N3O3S/c1-21-14-8-17-9-15(18-14)22-13-3-2-5-19(10-13)16(20)7-12-4-6-23-11-12/h4,6,8-9,11,13H,2-3,5,7,10H2,1H3. The summed E-state index contributed by atoms with van der Waals surface area (Å²) in [6.45, 7) is 1.37. The topological polar surface area (TPSA) is 64.6 Å². The summed E-state index contributed by atoms with van der Waals surface area (Å²) in [4.78, 5) is 22.5. The van der Waals surface area contributed by atoms with Crippen LogP contribution in [0.4, 0.5) is 0 Å². The number of aromatic nitrogens is 2. The van der Waals surface area contributed by atoms with Gasteiger partial charge < -0.3 is 14.4 Å². The Hall–Kier alpha value is -2.15. The van der Waals surface area contributed by atoms with Gasteiger partial charge in [0.05, 0.1) is 32.5 Å². The molecular weight excluding hydrogens is 314 g/mol. The molecule has 1 atom stereocenters. The first-order valence-corrected chi connectivity index (χ1v) is 8.50. The molecule has 0 aliphatic carbocycles. The third-order valence-electron chi connectivity index (χ3n) is 3.75. The van der Waals surface area contributed by atoms with Gasteiger partial charge in [0.1, 0.15) is 6.10 Å². The molecule has 0 bridgehead atoms. The van der Waals surface area contributed by atoms with Gasteiger partial charge in [0.2, 0.25) is 17.7 Å². The molecule has 1 aliphatic heterocycles. The zero-order valence-electron chi connectivity index (χ0n) is 13.0. The van der Waals surface area contributed by atoms with E-state index >= 15 is 0 Å². The van der Waals surface area contributed by atoms with E-state index in [9.17, 15) is 4.79 Å². The van der Waals surface area contributed by atoms with E-state index in [-0.39, 0.29) is 12.0 Å². The number of thiophene rings is 1. The van der Waals surface area contributed by atoms with Crippen molar-refractivity contribution in [2.24, 2.45) is 0 Å². The quantitative estimate of drug-likeness (QED) is 0.839. The van der Waals surface area contributed by atoms with Crippen molar-refractivity contribution in [2.45, 2.75) is 25.4 Å². The van der Waals surface area contributed by atoms with Crippen LogP contribution in [0.25, 0.3) is 0 Å². The molecule has 0 radical (unpaired) electrons. The van der Waals surface area contributed by atoms with E-state index < -0.39 is 0 Å². The molecule has 1 unspecified atom stereocenters. The lowest BCUT2D eigenvalue weighted by Crippen LogP contribution is -2.45. The van der Waals surface area contributed by atoms with Crippen molar-refractivity contribution in [3.05, 3.63) is 34.8 Å². The van der Waals surface area contributed by atoms with Crippen LogP contribution in [-0.2, 0) is 11.2 Å². The molecule has 6 nitrogen and oxygen atoms in total. The van der Waals surface area contributed by atoms with Gasteiger partial charge in [-0.1, -0.05) is 0 Å². The fraction of sp³-hybridized carbons (Fsp3) is 0.438. The average molecular weight is 333 g/mol. The Morgan fingerprint density at radius 2 is 2.30 bits per heavy atom. The maximum atomic E-state index is 12.4. The van der Waals surface area contributed by atoms with E-state index in [0.717, 1.165) is 24.9 Å². The molecule has 1 saturated heterocycles. The van der Waals surface area contributed by atoms with Gasteiger partial charge in [-0.15, -0.1) is 0 Å². The van der Waals surface area contributed by atoms with Crippen LogP contribution in [0.5, 0.6) is 11.8 Å². The molecule has 1 aliphatic rings. The van der Waals surface area contributed by atoms with Crippen molar-refractivity contribution in [3.63, 3.8) is 0 Å². The molecule has 3 rings (SSSR count). The van der Waals surface area contributed by atoms with Crippen LogP contribution in [0, 0.1) is 0 Å². The van der Waals surface area contributed by atoms with Crippen molar-refractivity contribution in [3.8, 4) is 11.8 Å². The molecule has 0 saturated carbocycles. The number of hydrogen-bond donors (Lipinski definition) is 0. The molecule has 2 aromatic rings. The summed E-state index contributed by atoms with van der Waals surface area (Å²) in [6.07, 6.45) is 5.32. The van der Waals surface area contributed by atoms with E-state index in [4.69, 9.17) is 9.47 Å². The fourth-order valence-corrected chi connectivity index (χ4v) is 3.27. The molecule has 3 heterocycles. The molecule has 23 heavy (non-hydrogen) atoms. The van der Waals surface area contributed by atoms with E-state index in [2.05, 4.69) is 9.97 Å². The van der Waals surface area contributed by atoms with Crippen LogP contribution in [0.3, 0.4) is 0 Å². The number of ether oxygens (including phenoxy) is 2. The molecule has 0 spiro atoms.